The number of amides is 1. The number of anilines is 2. The van der Waals surface area contributed by atoms with Gasteiger partial charge in [-0.3, -0.25) is 9.78 Å². The molecule has 29 heavy (non-hydrogen) atoms. The Hall–Kier alpha value is -3.38. The second-order valence-electron chi connectivity index (χ2n) is 6.76. The first-order chi connectivity index (χ1) is 14.3. The van der Waals surface area contributed by atoms with Crippen molar-refractivity contribution in [1.29, 1.82) is 0 Å². The highest BCUT2D eigenvalue weighted by Gasteiger charge is 2.19. The number of carbonyl (C=O) groups excluding carboxylic acids is 1. The number of benzene rings is 2. The topological polar surface area (TPSA) is 63.7 Å². The first-order valence-corrected chi connectivity index (χ1v) is 9.65. The van der Waals surface area contributed by atoms with Crippen LogP contribution in [-0.4, -0.2) is 42.1 Å². The average Bonchev–Trinajstić information content (AvgIpc) is 2.79. The van der Waals surface area contributed by atoms with Crippen LogP contribution in [-0.2, 0) is 11.3 Å². The van der Waals surface area contributed by atoms with Crippen LogP contribution < -0.4 is 10.1 Å². The number of rotatable bonds is 6. The molecule has 2 heterocycles. The SMILES string of the molecule is O=C(c1cc(Nc2ccc(OCc3ccccc3)cc2)ccn1)N1CCOCC1. The smallest absolute Gasteiger partial charge is 0.272 e. The molecule has 148 valence electrons. The standard InChI is InChI=1S/C23H23N3O3/c27-23(26-12-14-28-15-13-26)22-16-20(10-11-24-22)25-19-6-8-21(9-7-19)29-17-18-4-2-1-3-5-18/h1-11,16H,12-15,17H2,(H,24,25). The van der Waals surface area contributed by atoms with Gasteiger partial charge in [0.15, 0.2) is 0 Å². The molecule has 1 aliphatic heterocycles. The number of hydrogen-bond acceptors (Lipinski definition) is 5. The van der Waals surface area contributed by atoms with Crippen LogP contribution in [0.3, 0.4) is 0 Å². The van der Waals surface area contributed by atoms with Crippen molar-refractivity contribution < 1.29 is 14.3 Å². The second kappa shape index (κ2) is 9.21. The normalized spacial score (nSPS) is 13.7. The van der Waals surface area contributed by atoms with Crippen molar-refractivity contribution >= 4 is 17.3 Å². The zero-order chi connectivity index (χ0) is 19.9. The molecule has 1 amide bonds. The number of carbonyl (C=O) groups is 1. The molecule has 1 fully saturated rings. The van der Waals surface area contributed by atoms with E-state index in [0.717, 1.165) is 22.7 Å². The van der Waals surface area contributed by atoms with Gasteiger partial charge in [0, 0.05) is 30.7 Å². The first kappa shape index (κ1) is 19.0. The minimum absolute atomic E-state index is 0.0680. The van der Waals surface area contributed by atoms with E-state index >= 15 is 0 Å². The summed E-state index contributed by atoms with van der Waals surface area (Å²) in [5, 5.41) is 3.31. The van der Waals surface area contributed by atoms with Gasteiger partial charge in [-0.1, -0.05) is 30.3 Å². The molecule has 6 nitrogen and oxygen atoms in total. The van der Waals surface area contributed by atoms with Gasteiger partial charge in [-0.05, 0) is 42.0 Å². The van der Waals surface area contributed by atoms with E-state index in [1.54, 1.807) is 17.2 Å². The zero-order valence-electron chi connectivity index (χ0n) is 16.1. The molecular weight excluding hydrogens is 366 g/mol. The Morgan fingerprint density at radius 1 is 1.00 bits per heavy atom. The van der Waals surface area contributed by atoms with Crippen molar-refractivity contribution in [3.8, 4) is 5.75 Å². The summed E-state index contributed by atoms with van der Waals surface area (Å²) < 4.78 is 11.1. The second-order valence-corrected chi connectivity index (χ2v) is 6.76. The van der Waals surface area contributed by atoms with E-state index in [-0.39, 0.29) is 5.91 Å². The van der Waals surface area contributed by atoms with Crippen LogP contribution in [0.2, 0.25) is 0 Å². The van der Waals surface area contributed by atoms with Crippen molar-refractivity contribution in [3.63, 3.8) is 0 Å². The van der Waals surface area contributed by atoms with Crippen LogP contribution in [0.4, 0.5) is 11.4 Å². The van der Waals surface area contributed by atoms with E-state index in [1.165, 1.54) is 0 Å². The highest BCUT2D eigenvalue weighted by molar-refractivity contribution is 5.93. The molecule has 0 bridgehead atoms. The third-order valence-corrected chi connectivity index (χ3v) is 4.67. The lowest BCUT2D eigenvalue weighted by atomic mass is 10.2. The van der Waals surface area contributed by atoms with Gasteiger partial charge in [-0.15, -0.1) is 0 Å². The Morgan fingerprint density at radius 3 is 2.52 bits per heavy atom. The summed E-state index contributed by atoms with van der Waals surface area (Å²) in [5.74, 6) is 0.735. The summed E-state index contributed by atoms with van der Waals surface area (Å²) in [7, 11) is 0. The fraction of sp³-hybridized carbons (Fsp3) is 0.217. The van der Waals surface area contributed by atoms with Crippen molar-refractivity contribution in [2.75, 3.05) is 31.6 Å². The number of morpholine rings is 1. The fourth-order valence-corrected chi connectivity index (χ4v) is 3.10. The third-order valence-electron chi connectivity index (χ3n) is 4.67. The maximum Gasteiger partial charge on any atom is 0.272 e. The van der Waals surface area contributed by atoms with Gasteiger partial charge in [-0.25, -0.2) is 0 Å². The molecule has 0 saturated carbocycles. The maximum atomic E-state index is 12.6. The predicted molar refractivity (Wildman–Crippen MR) is 111 cm³/mol. The fourth-order valence-electron chi connectivity index (χ4n) is 3.10. The molecule has 3 aromatic rings. The molecule has 2 aromatic carbocycles. The van der Waals surface area contributed by atoms with Crippen LogP contribution >= 0.6 is 0 Å². The predicted octanol–water partition coefficient (Wildman–Crippen LogP) is 3.88. The average molecular weight is 389 g/mol. The first-order valence-electron chi connectivity index (χ1n) is 9.65. The minimum Gasteiger partial charge on any atom is -0.489 e. The van der Waals surface area contributed by atoms with E-state index in [9.17, 15) is 4.79 Å². The number of ether oxygens (including phenoxy) is 2. The quantitative estimate of drug-likeness (QED) is 0.693. The van der Waals surface area contributed by atoms with Crippen LogP contribution in [0.15, 0.2) is 72.9 Å². The molecule has 6 heteroatoms. The van der Waals surface area contributed by atoms with Crippen molar-refractivity contribution in [2.24, 2.45) is 0 Å². The minimum atomic E-state index is -0.0680. The van der Waals surface area contributed by atoms with Gasteiger partial charge >= 0.3 is 0 Å². The molecular formula is C23H23N3O3. The van der Waals surface area contributed by atoms with Crippen LogP contribution in [0, 0.1) is 0 Å². The van der Waals surface area contributed by atoms with Crippen molar-refractivity contribution in [1.82, 2.24) is 9.88 Å². The number of nitrogens with zero attached hydrogens (tertiary/aromatic N) is 2. The van der Waals surface area contributed by atoms with Gasteiger partial charge in [-0.2, -0.15) is 0 Å². The molecule has 0 atom stereocenters. The van der Waals surface area contributed by atoms with Gasteiger partial charge in [0.1, 0.15) is 18.1 Å². The van der Waals surface area contributed by atoms with Crippen LogP contribution in [0.1, 0.15) is 16.1 Å². The molecule has 0 unspecified atom stereocenters. The van der Waals surface area contributed by atoms with Gasteiger partial charge in [0.25, 0.3) is 5.91 Å². The van der Waals surface area contributed by atoms with Crippen LogP contribution in [0.5, 0.6) is 5.75 Å². The van der Waals surface area contributed by atoms with Crippen molar-refractivity contribution in [3.05, 3.63) is 84.2 Å². The Kier molecular flexibility index (Phi) is 6.02. The van der Waals surface area contributed by atoms with E-state index in [1.807, 2.05) is 60.7 Å². The molecule has 0 spiro atoms. The third kappa shape index (κ3) is 5.12. The summed E-state index contributed by atoms with van der Waals surface area (Å²) in [4.78, 5) is 18.6. The van der Waals surface area contributed by atoms with E-state index in [0.29, 0.717) is 38.6 Å². The largest absolute Gasteiger partial charge is 0.489 e. The Morgan fingerprint density at radius 2 is 1.76 bits per heavy atom. The number of pyridine rings is 1. The summed E-state index contributed by atoms with van der Waals surface area (Å²) in [5.41, 5.74) is 3.28. The monoisotopic (exact) mass is 389 g/mol. The lowest BCUT2D eigenvalue weighted by Gasteiger charge is -2.26. The van der Waals surface area contributed by atoms with Gasteiger partial charge < -0.3 is 19.7 Å². The van der Waals surface area contributed by atoms with Crippen molar-refractivity contribution in [2.45, 2.75) is 6.61 Å². The van der Waals surface area contributed by atoms with Gasteiger partial charge in [0.2, 0.25) is 0 Å². The van der Waals surface area contributed by atoms with E-state index in [2.05, 4.69) is 10.3 Å². The summed E-state index contributed by atoms with van der Waals surface area (Å²) >= 11 is 0. The van der Waals surface area contributed by atoms with E-state index in [4.69, 9.17) is 9.47 Å². The maximum absolute atomic E-state index is 12.6. The number of aromatic nitrogens is 1. The molecule has 1 N–H and O–H groups in total. The Balaban J connectivity index is 1.37. The molecule has 1 aromatic heterocycles. The summed E-state index contributed by atoms with van der Waals surface area (Å²) in [6.45, 7) is 2.88. The molecule has 0 radical (unpaired) electrons. The molecule has 1 saturated heterocycles. The zero-order valence-corrected chi connectivity index (χ0v) is 16.1. The number of nitrogens with one attached hydrogen (secondary N) is 1. The number of hydrogen-bond donors (Lipinski definition) is 1. The molecule has 4 rings (SSSR count). The highest BCUT2D eigenvalue weighted by Crippen LogP contribution is 2.21. The van der Waals surface area contributed by atoms with Crippen LogP contribution in [0.25, 0.3) is 0 Å². The Labute approximate surface area is 170 Å². The molecule has 0 aliphatic carbocycles. The highest BCUT2D eigenvalue weighted by atomic mass is 16.5. The lowest BCUT2D eigenvalue weighted by molar-refractivity contribution is 0.0299. The van der Waals surface area contributed by atoms with E-state index < -0.39 is 0 Å². The lowest BCUT2D eigenvalue weighted by Crippen LogP contribution is -2.41. The Bertz CT molecular complexity index is 939. The molecule has 1 aliphatic rings. The summed E-state index contributed by atoms with van der Waals surface area (Å²) in [6, 6.07) is 21.4. The van der Waals surface area contributed by atoms with Gasteiger partial charge in [0.05, 0.1) is 13.2 Å². The summed E-state index contributed by atoms with van der Waals surface area (Å²) in [6.07, 6.45) is 1.65.